The maximum absolute atomic E-state index is 12.4. The van der Waals surface area contributed by atoms with Gasteiger partial charge in [-0.15, -0.1) is 0 Å². The number of nitriles is 1. The lowest BCUT2D eigenvalue weighted by Gasteiger charge is -2.32. The first-order chi connectivity index (χ1) is 12.2. The van der Waals surface area contributed by atoms with Crippen LogP contribution >= 0.6 is 0 Å². The zero-order valence-corrected chi connectivity index (χ0v) is 14.7. The number of rotatable bonds is 6. The molecule has 1 saturated carbocycles. The largest absolute Gasteiger partial charge is 0.370 e. The number of carbonyl (C=O) groups excluding carboxylic acids is 1. The van der Waals surface area contributed by atoms with Crippen LogP contribution in [0.25, 0.3) is 0 Å². The Hall–Kier alpha value is -2.13. The lowest BCUT2D eigenvalue weighted by atomic mass is 9.83. The van der Waals surface area contributed by atoms with Gasteiger partial charge in [-0.05, 0) is 43.9 Å². The summed E-state index contributed by atoms with van der Waals surface area (Å²) in [6, 6.07) is 8.19. The molecule has 2 aliphatic rings. The Labute approximate surface area is 149 Å². The van der Waals surface area contributed by atoms with Crippen LogP contribution in [0.5, 0.6) is 0 Å². The maximum atomic E-state index is 12.4. The van der Waals surface area contributed by atoms with Gasteiger partial charge in [-0.1, -0.05) is 25.3 Å². The number of nitrogens with one attached hydrogen (secondary N) is 2. The molecule has 1 saturated heterocycles. The van der Waals surface area contributed by atoms with Crippen molar-refractivity contribution in [1.29, 1.82) is 5.26 Å². The molecule has 134 valence electrons. The van der Waals surface area contributed by atoms with E-state index >= 15 is 0 Å². The third-order valence-corrected chi connectivity index (χ3v) is 5.27. The van der Waals surface area contributed by atoms with E-state index in [1.54, 1.807) is 6.20 Å². The number of nitrogens with zero attached hydrogens (tertiary/aromatic N) is 3. The molecule has 0 radical (unpaired) electrons. The number of aromatic nitrogens is 1. The standard InChI is InChI=1S/C19H27N5O/c20-15-19(8-3-1-4-9-19)23-18(25)14-24-11-7-16(13-24)12-22-17-6-2-5-10-21-17/h2,5-6,10,16H,1,3-4,7-9,11-14H2,(H,21,22)(H,23,25)/t16-/m1/s1. The topological polar surface area (TPSA) is 81.0 Å². The SMILES string of the molecule is N#CC1(NC(=O)CN2CC[C@H](CNc3ccccn3)C2)CCCCC1. The predicted octanol–water partition coefficient (Wildman–Crippen LogP) is 2.16. The van der Waals surface area contributed by atoms with Gasteiger partial charge in [0.25, 0.3) is 0 Å². The Bertz CT molecular complexity index is 606. The molecular weight excluding hydrogens is 314 g/mol. The highest BCUT2D eigenvalue weighted by Gasteiger charge is 2.34. The van der Waals surface area contributed by atoms with E-state index in [2.05, 4.69) is 26.6 Å². The fourth-order valence-electron chi connectivity index (χ4n) is 3.87. The first-order valence-electron chi connectivity index (χ1n) is 9.29. The number of pyridine rings is 1. The Balaban J connectivity index is 1.41. The molecule has 1 aromatic rings. The summed E-state index contributed by atoms with van der Waals surface area (Å²) in [6.45, 7) is 3.11. The predicted molar refractivity (Wildman–Crippen MR) is 96.8 cm³/mol. The summed E-state index contributed by atoms with van der Waals surface area (Å²) >= 11 is 0. The van der Waals surface area contributed by atoms with Crippen molar-refractivity contribution in [3.8, 4) is 6.07 Å². The lowest BCUT2D eigenvalue weighted by Crippen LogP contribution is -2.51. The summed E-state index contributed by atoms with van der Waals surface area (Å²) in [5.74, 6) is 1.41. The van der Waals surface area contributed by atoms with Crippen LogP contribution in [0.15, 0.2) is 24.4 Å². The van der Waals surface area contributed by atoms with E-state index in [1.165, 1.54) is 0 Å². The van der Waals surface area contributed by atoms with Crippen molar-refractivity contribution in [1.82, 2.24) is 15.2 Å². The molecule has 1 aliphatic heterocycles. The molecule has 2 fully saturated rings. The van der Waals surface area contributed by atoms with E-state index in [-0.39, 0.29) is 5.91 Å². The molecule has 3 rings (SSSR count). The van der Waals surface area contributed by atoms with Crippen LogP contribution in [-0.4, -0.2) is 47.5 Å². The molecule has 0 spiro atoms. The van der Waals surface area contributed by atoms with Crippen molar-refractivity contribution >= 4 is 11.7 Å². The minimum Gasteiger partial charge on any atom is -0.370 e. The second-order valence-electron chi connectivity index (χ2n) is 7.29. The van der Waals surface area contributed by atoms with Gasteiger partial charge in [-0.3, -0.25) is 9.69 Å². The molecule has 2 heterocycles. The molecule has 1 amide bonds. The summed E-state index contributed by atoms with van der Waals surface area (Å²) < 4.78 is 0. The van der Waals surface area contributed by atoms with Gasteiger partial charge in [0, 0.05) is 19.3 Å². The third-order valence-electron chi connectivity index (χ3n) is 5.27. The van der Waals surface area contributed by atoms with Gasteiger partial charge in [0.2, 0.25) is 5.91 Å². The highest BCUT2D eigenvalue weighted by Crippen LogP contribution is 2.27. The lowest BCUT2D eigenvalue weighted by molar-refractivity contribution is -0.123. The monoisotopic (exact) mass is 341 g/mol. The first kappa shape index (κ1) is 17.7. The molecule has 6 heteroatoms. The van der Waals surface area contributed by atoms with Crippen LogP contribution in [0.1, 0.15) is 38.5 Å². The van der Waals surface area contributed by atoms with E-state index in [1.807, 2.05) is 18.2 Å². The Morgan fingerprint density at radius 2 is 2.20 bits per heavy atom. The molecule has 6 nitrogen and oxygen atoms in total. The first-order valence-corrected chi connectivity index (χ1v) is 9.29. The van der Waals surface area contributed by atoms with Gasteiger partial charge in [0.15, 0.2) is 0 Å². The van der Waals surface area contributed by atoms with E-state index in [0.717, 1.165) is 64.0 Å². The molecule has 1 aromatic heterocycles. The van der Waals surface area contributed by atoms with Gasteiger partial charge >= 0.3 is 0 Å². The molecule has 1 atom stereocenters. The molecule has 1 aliphatic carbocycles. The quantitative estimate of drug-likeness (QED) is 0.829. The summed E-state index contributed by atoms with van der Waals surface area (Å²) in [5, 5.41) is 15.9. The maximum Gasteiger partial charge on any atom is 0.235 e. The fourth-order valence-corrected chi connectivity index (χ4v) is 3.87. The molecular formula is C19H27N5O. The highest BCUT2D eigenvalue weighted by atomic mass is 16.2. The molecule has 0 unspecified atom stereocenters. The fraction of sp³-hybridized carbons (Fsp3) is 0.632. The van der Waals surface area contributed by atoms with Crippen LogP contribution in [0, 0.1) is 17.2 Å². The van der Waals surface area contributed by atoms with Crippen LogP contribution < -0.4 is 10.6 Å². The van der Waals surface area contributed by atoms with Crippen molar-refractivity contribution in [2.75, 3.05) is 31.5 Å². The van der Waals surface area contributed by atoms with Crippen LogP contribution in [0.2, 0.25) is 0 Å². The Morgan fingerprint density at radius 3 is 2.92 bits per heavy atom. The van der Waals surface area contributed by atoms with Gasteiger partial charge in [-0.25, -0.2) is 4.98 Å². The van der Waals surface area contributed by atoms with Crippen molar-refractivity contribution in [3.05, 3.63) is 24.4 Å². The molecule has 25 heavy (non-hydrogen) atoms. The van der Waals surface area contributed by atoms with E-state index in [4.69, 9.17) is 0 Å². The summed E-state index contributed by atoms with van der Waals surface area (Å²) in [4.78, 5) is 18.8. The zero-order valence-electron chi connectivity index (χ0n) is 14.7. The highest BCUT2D eigenvalue weighted by molar-refractivity contribution is 5.79. The van der Waals surface area contributed by atoms with Gasteiger partial charge in [0.1, 0.15) is 11.4 Å². The number of hydrogen-bond acceptors (Lipinski definition) is 5. The molecule has 2 N–H and O–H groups in total. The van der Waals surface area contributed by atoms with Gasteiger partial charge in [0.05, 0.1) is 12.6 Å². The summed E-state index contributed by atoms with van der Waals surface area (Å²) in [6.07, 6.45) is 7.64. The van der Waals surface area contributed by atoms with Crippen molar-refractivity contribution in [2.24, 2.45) is 5.92 Å². The normalized spacial score (nSPS) is 22.9. The molecule has 0 aromatic carbocycles. The van der Waals surface area contributed by atoms with Gasteiger partial charge < -0.3 is 10.6 Å². The van der Waals surface area contributed by atoms with Crippen molar-refractivity contribution in [3.63, 3.8) is 0 Å². The van der Waals surface area contributed by atoms with Crippen molar-refractivity contribution < 1.29 is 4.79 Å². The van der Waals surface area contributed by atoms with Crippen molar-refractivity contribution in [2.45, 2.75) is 44.1 Å². The summed E-state index contributed by atoms with van der Waals surface area (Å²) in [5.41, 5.74) is -0.630. The summed E-state index contributed by atoms with van der Waals surface area (Å²) in [7, 11) is 0. The van der Waals surface area contributed by atoms with Crippen LogP contribution in [0.3, 0.4) is 0 Å². The minimum absolute atomic E-state index is 0.0122. The number of carbonyl (C=O) groups is 1. The van der Waals surface area contributed by atoms with Gasteiger partial charge in [-0.2, -0.15) is 5.26 Å². The number of hydrogen-bond donors (Lipinski definition) is 2. The molecule has 0 bridgehead atoms. The zero-order chi connectivity index (χ0) is 17.5. The minimum atomic E-state index is -0.630. The average molecular weight is 341 g/mol. The Morgan fingerprint density at radius 1 is 1.36 bits per heavy atom. The number of amides is 1. The average Bonchev–Trinajstić information content (AvgIpc) is 3.09. The van der Waals surface area contributed by atoms with E-state index in [0.29, 0.717) is 12.5 Å². The number of likely N-dealkylation sites (tertiary alicyclic amines) is 1. The second-order valence-corrected chi connectivity index (χ2v) is 7.29. The van der Waals surface area contributed by atoms with Crippen LogP contribution in [-0.2, 0) is 4.79 Å². The second kappa shape index (κ2) is 8.30. The van der Waals surface area contributed by atoms with E-state index in [9.17, 15) is 10.1 Å². The smallest absolute Gasteiger partial charge is 0.235 e. The van der Waals surface area contributed by atoms with Crippen LogP contribution in [0.4, 0.5) is 5.82 Å². The Kier molecular flexibility index (Phi) is 5.87. The number of anilines is 1. The third kappa shape index (κ3) is 4.93. The van der Waals surface area contributed by atoms with E-state index < -0.39 is 5.54 Å².